The van der Waals surface area contributed by atoms with Gasteiger partial charge in [-0.3, -0.25) is 9.59 Å². The fourth-order valence-corrected chi connectivity index (χ4v) is 5.10. The Morgan fingerprint density at radius 3 is 1.67 bits per heavy atom. The zero-order valence-electron chi connectivity index (χ0n) is 33.2. The lowest BCUT2D eigenvalue weighted by atomic mass is 10.1. The van der Waals surface area contributed by atoms with Gasteiger partial charge in [-0.1, -0.05) is 137 Å². The van der Waals surface area contributed by atoms with Crippen molar-refractivity contribution in [1.29, 1.82) is 0 Å². The highest BCUT2D eigenvalue weighted by Crippen LogP contribution is 2.12. The van der Waals surface area contributed by atoms with Gasteiger partial charge in [-0.15, -0.1) is 0 Å². The molecule has 0 aliphatic carbocycles. The lowest BCUT2D eigenvalue weighted by Gasteiger charge is -2.31. The van der Waals surface area contributed by atoms with Gasteiger partial charge in [0.1, 0.15) is 6.61 Å². The molecule has 0 aromatic rings. The van der Waals surface area contributed by atoms with Crippen molar-refractivity contribution < 1.29 is 38.2 Å². The summed E-state index contributed by atoms with van der Waals surface area (Å²) >= 11 is 0. The van der Waals surface area contributed by atoms with Crippen molar-refractivity contribution in [2.24, 2.45) is 0 Å². The highest BCUT2D eigenvalue weighted by molar-refractivity contribution is 5.72. The summed E-state index contributed by atoms with van der Waals surface area (Å²) in [6.07, 6.45) is 43.4. The quantitative estimate of drug-likeness (QED) is 0.0236. The van der Waals surface area contributed by atoms with Gasteiger partial charge in [0.05, 0.1) is 34.4 Å². The van der Waals surface area contributed by atoms with Crippen molar-refractivity contribution in [2.75, 3.05) is 41.0 Å². The number of carboxylic acid groups (broad SMARTS) is 1. The molecular formula is C44H72NO7+. The van der Waals surface area contributed by atoms with E-state index in [0.717, 1.165) is 77.0 Å². The van der Waals surface area contributed by atoms with Crippen LogP contribution >= 0.6 is 0 Å². The molecule has 0 bridgehead atoms. The first-order valence-corrected chi connectivity index (χ1v) is 19.7. The molecule has 2 atom stereocenters. The van der Waals surface area contributed by atoms with Crippen molar-refractivity contribution in [1.82, 2.24) is 0 Å². The van der Waals surface area contributed by atoms with Crippen LogP contribution in [0.4, 0.5) is 0 Å². The van der Waals surface area contributed by atoms with Crippen molar-refractivity contribution in [3.05, 3.63) is 85.1 Å². The Hall–Kier alpha value is -3.49. The van der Waals surface area contributed by atoms with Crippen LogP contribution in [0.2, 0.25) is 0 Å². The monoisotopic (exact) mass is 727 g/mol. The lowest BCUT2D eigenvalue weighted by Crippen LogP contribution is -2.50. The minimum atomic E-state index is -0.888. The summed E-state index contributed by atoms with van der Waals surface area (Å²) in [7, 11) is 5.49. The molecule has 2 unspecified atom stereocenters. The molecule has 0 aliphatic rings. The molecule has 0 spiro atoms. The van der Waals surface area contributed by atoms with Crippen LogP contribution in [-0.2, 0) is 28.6 Å². The Balaban J connectivity index is 4.53. The number of ether oxygens (including phenoxy) is 3. The lowest BCUT2D eigenvalue weighted by molar-refractivity contribution is -0.887. The van der Waals surface area contributed by atoms with Gasteiger partial charge in [-0.05, 0) is 51.4 Å². The Labute approximate surface area is 316 Å². The van der Waals surface area contributed by atoms with Gasteiger partial charge >= 0.3 is 17.9 Å². The van der Waals surface area contributed by atoms with Crippen LogP contribution in [-0.4, -0.2) is 80.6 Å². The van der Waals surface area contributed by atoms with Gasteiger partial charge < -0.3 is 23.8 Å². The number of hydrogen-bond acceptors (Lipinski definition) is 6. The van der Waals surface area contributed by atoms with Crippen LogP contribution in [0.5, 0.6) is 0 Å². The molecule has 0 amide bonds. The van der Waals surface area contributed by atoms with Crippen LogP contribution in [0.15, 0.2) is 85.1 Å². The minimum Gasteiger partial charge on any atom is -0.477 e. The van der Waals surface area contributed by atoms with E-state index < -0.39 is 18.1 Å². The minimum absolute atomic E-state index is 0.0375. The zero-order chi connectivity index (χ0) is 38.5. The number of allylic oxidation sites excluding steroid dienone is 14. The largest absolute Gasteiger partial charge is 0.477 e. The first-order valence-electron chi connectivity index (χ1n) is 19.7. The molecule has 1 N–H and O–H groups in total. The fraction of sp³-hybridized carbons (Fsp3) is 0.614. The molecule has 0 saturated carbocycles. The van der Waals surface area contributed by atoms with Crippen LogP contribution < -0.4 is 0 Å². The zero-order valence-corrected chi connectivity index (χ0v) is 33.2. The topological polar surface area (TPSA) is 99.1 Å². The number of carbonyl (C=O) groups excluding carboxylic acids is 2. The number of unbranched alkanes of at least 4 members (excludes halogenated alkanes) is 10. The molecule has 8 nitrogen and oxygen atoms in total. The highest BCUT2D eigenvalue weighted by Gasteiger charge is 2.31. The number of aliphatic carboxylic acids is 1. The van der Waals surface area contributed by atoms with Crippen molar-refractivity contribution in [3.63, 3.8) is 0 Å². The van der Waals surface area contributed by atoms with E-state index in [1.807, 2.05) is 81.9 Å². The molecule has 0 heterocycles. The predicted molar refractivity (Wildman–Crippen MR) is 215 cm³/mol. The summed E-state index contributed by atoms with van der Waals surface area (Å²) in [5.41, 5.74) is 0. The fourth-order valence-electron chi connectivity index (χ4n) is 5.10. The molecule has 0 rings (SSSR count). The van der Waals surface area contributed by atoms with Gasteiger partial charge in [0, 0.05) is 19.3 Å². The molecule has 0 aromatic carbocycles. The van der Waals surface area contributed by atoms with Crippen LogP contribution in [0.25, 0.3) is 0 Å². The van der Waals surface area contributed by atoms with E-state index in [0.29, 0.717) is 19.3 Å². The molecule has 0 aliphatic heterocycles. The maximum Gasteiger partial charge on any atom is 0.362 e. The van der Waals surface area contributed by atoms with Gasteiger partial charge in [0.25, 0.3) is 0 Å². The van der Waals surface area contributed by atoms with E-state index in [1.54, 1.807) is 0 Å². The van der Waals surface area contributed by atoms with Crippen LogP contribution in [0.3, 0.4) is 0 Å². The van der Waals surface area contributed by atoms with E-state index >= 15 is 0 Å². The third-order valence-electron chi connectivity index (χ3n) is 8.19. The summed E-state index contributed by atoms with van der Waals surface area (Å²) in [6.45, 7) is 4.46. The SMILES string of the molecule is CC/C=C/C=C/C=C/C=C/C=C/C=C/CCCCCC(=O)OCC(COCCC(C(=O)O)[N+](C)(C)C)OC(=O)CCCCCCC/C=C/CCCC. The van der Waals surface area contributed by atoms with E-state index in [-0.39, 0.29) is 36.2 Å². The van der Waals surface area contributed by atoms with E-state index in [1.165, 1.54) is 12.8 Å². The summed E-state index contributed by atoms with van der Waals surface area (Å²) in [5.74, 6) is -1.55. The second-order valence-electron chi connectivity index (χ2n) is 14.0. The highest BCUT2D eigenvalue weighted by atomic mass is 16.6. The summed E-state index contributed by atoms with van der Waals surface area (Å²) in [4.78, 5) is 36.8. The maximum absolute atomic E-state index is 12.6. The third-order valence-corrected chi connectivity index (χ3v) is 8.19. The first kappa shape index (κ1) is 48.5. The maximum atomic E-state index is 12.6. The third kappa shape index (κ3) is 32.4. The van der Waals surface area contributed by atoms with E-state index in [4.69, 9.17) is 14.2 Å². The molecule has 0 saturated heterocycles. The number of nitrogens with zero attached hydrogens (tertiary/aromatic N) is 1. The molecule has 8 heteroatoms. The molecule has 0 fully saturated rings. The number of likely N-dealkylation sites (N-methyl/N-ethyl adjacent to an activating group) is 1. The summed E-state index contributed by atoms with van der Waals surface area (Å²) in [5, 5.41) is 9.59. The average Bonchev–Trinajstić information content (AvgIpc) is 3.09. The van der Waals surface area contributed by atoms with Gasteiger partial charge in [0.2, 0.25) is 0 Å². The molecule has 294 valence electrons. The summed E-state index contributed by atoms with van der Waals surface area (Å²) in [6, 6.07) is -0.626. The molecular weight excluding hydrogens is 654 g/mol. The normalized spacial score (nSPS) is 13.9. The second kappa shape index (κ2) is 34.6. The average molecular weight is 727 g/mol. The molecule has 0 aromatic heterocycles. The first-order chi connectivity index (χ1) is 25.1. The smallest absolute Gasteiger partial charge is 0.362 e. The number of carboxylic acids is 1. The Kier molecular flexibility index (Phi) is 32.3. The number of hydrogen-bond donors (Lipinski definition) is 1. The van der Waals surface area contributed by atoms with E-state index in [2.05, 4.69) is 38.2 Å². The van der Waals surface area contributed by atoms with Crippen LogP contribution in [0, 0.1) is 0 Å². The van der Waals surface area contributed by atoms with Crippen LogP contribution in [0.1, 0.15) is 123 Å². The second-order valence-corrected chi connectivity index (χ2v) is 14.0. The molecule has 0 radical (unpaired) electrons. The van der Waals surface area contributed by atoms with Crippen molar-refractivity contribution >= 4 is 17.9 Å². The number of rotatable bonds is 33. The Morgan fingerprint density at radius 1 is 0.596 bits per heavy atom. The number of quaternary nitrogens is 1. The number of esters is 2. The standard InChI is InChI=1S/C44H71NO7/c1-6-8-10-12-14-16-18-19-20-21-22-23-25-26-28-30-32-34-42(46)51-39-40(38-50-37-36-41(44(48)49)45(3,4)5)52-43(47)35-33-31-29-27-24-17-15-13-11-9-7-2/h8,10,12-16,18-23,25,40-41H,6-7,9,11,17,24,26-39H2,1-5H3/p+1/b10-8+,14-12+,15-13+,18-16+,20-19+,22-21+,25-23+. The van der Waals surface area contributed by atoms with Gasteiger partial charge in [0.15, 0.2) is 12.1 Å². The predicted octanol–water partition coefficient (Wildman–Crippen LogP) is 10.2. The van der Waals surface area contributed by atoms with Crippen molar-refractivity contribution in [3.8, 4) is 0 Å². The number of carbonyl (C=O) groups is 3. The Bertz CT molecular complexity index is 1120. The van der Waals surface area contributed by atoms with Gasteiger partial charge in [-0.25, -0.2) is 4.79 Å². The Morgan fingerprint density at radius 2 is 1.10 bits per heavy atom. The van der Waals surface area contributed by atoms with Gasteiger partial charge in [-0.2, -0.15) is 0 Å². The summed E-state index contributed by atoms with van der Waals surface area (Å²) < 4.78 is 17.1. The molecule has 52 heavy (non-hydrogen) atoms. The van der Waals surface area contributed by atoms with E-state index in [9.17, 15) is 19.5 Å². The van der Waals surface area contributed by atoms with Crippen molar-refractivity contribution in [2.45, 2.75) is 135 Å².